The van der Waals surface area contributed by atoms with Gasteiger partial charge >= 0.3 is 0 Å². The largest absolute Gasteiger partial charge is 0.339 e. The number of anilines is 4. The molecule has 0 bridgehead atoms. The zero-order valence-electron chi connectivity index (χ0n) is 14.4. The number of amides is 2. The van der Waals surface area contributed by atoms with Crippen molar-refractivity contribution in [3.05, 3.63) is 72.4 Å². The van der Waals surface area contributed by atoms with Crippen LogP contribution < -0.4 is 16.0 Å². The molecule has 136 valence electrons. The van der Waals surface area contributed by atoms with Gasteiger partial charge in [-0.3, -0.25) is 9.59 Å². The number of halogens is 1. The van der Waals surface area contributed by atoms with Crippen LogP contribution >= 0.6 is 0 Å². The summed E-state index contributed by atoms with van der Waals surface area (Å²) in [6.07, 6.45) is 2.75. The van der Waals surface area contributed by atoms with E-state index in [0.717, 1.165) is 0 Å². The van der Waals surface area contributed by atoms with Crippen LogP contribution in [0.2, 0.25) is 0 Å². The van der Waals surface area contributed by atoms with Crippen molar-refractivity contribution in [1.82, 2.24) is 9.97 Å². The maximum atomic E-state index is 12.9. The van der Waals surface area contributed by atoms with Gasteiger partial charge in [0.05, 0.1) is 12.4 Å². The van der Waals surface area contributed by atoms with E-state index in [2.05, 4.69) is 25.9 Å². The van der Waals surface area contributed by atoms with Gasteiger partial charge in [-0.05, 0) is 48.5 Å². The minimum absolute atomic E-state index is 0.144. The van der Waals surface area contributed by atoms with Crippen LogP contribution in [0.1, 0.15) is 17.4 Å². The number of nitrogens with one attached hydrogen (secondary N) is 3. The van der Waals surface area contributed by atoms with Crippen LogP contribution in [0.4, 0.5) is 27.3 Å². The number of benzene rings is 2. The first-order valence-electron chi connectivity index (χ1n) is 8.03. The Balaban J connectivity index is 1.61. The van der Waals surface area contributed by atoms with Crippen LogP contribution in [0.15, 0.2) is 60.9 Å². The van der Waals surface area contributed by atoms with E-state index >= 15 is 0 Å². The third-order valence-corrected chi connectivity index (χ3v) is 3.46. The van der Waals surface area contributed by atoms with Gasteiger partial charge in [0.1, 0.15) is 17.3 Å². The highest BCUT2D eigenvalue weighted by molar-refractivity contribution is 6.02. The number of carbonyl (C=O) groups is 2. The summed E-state index contributed by atoms with van der Waals surface area (Å²) in [5, 5.41) is 8.30. The van der Waals surface area contributed by atoms with Crippen LogP contribution in [0.25, 0.3) is 0 Å². The Bertz CT molecular complexity index is 941. The molecule has 3 aromatic rings. The number of nitrogens with zero attached hydrogens (tertiary/aromatic N) is 2. The number of rotatable bonds is 5. The summed E-state index contributed by atoms with van der Waals surface area (Å²) in [6, 6.07) is 12.5. The van der Waals surface area contributed by atoms with E-state index < -0.39 is 5.91 Å². The van der Waals surface area contributed by atoms with E-state index in [1.54, 1.807) is 36.4 Å². The molecule has 7 nitrogen and oxygen atoms in total. The normalized spacial score (nSPS) is 10.1. The van der Waals surface area contributed by atoms with Crippen molar-refractivity contribution in [3.63, 3.8) is 0 Å². The highest BCUT2D eigenvalue weighted by Gasteiger charge is 2.09. The van der Waals surface area contributed by atoms with Gasteiger partial charge in [0.15, 0.2) is 0 Å². The van der Waals surface area contributed by atoms with E-state index in [0.29, 0.717) is 22.9 Å². The van der Waals surface area contributed by atoms with E-state index in [4.69, 9.17) is 0 Å². The van der Waals surface area contributed by atoms with Gasteiger partial charge in [-0.2, -0.15) is 0 Å². The average molecular weight is 365 g/mol. The van der Waals surface area contributed by atoms with Gasteiger partial charge in [-0.1, -0.05) is 0 Å². The summed E-state index contributed by atoms with van der Waals surface area (Å²) in [7, 11) is 0. The second kappa shape index (κ2) is 8.05. The topological polar surface area (TPSA) is 96.0 Å². The second-order valence-corrected chi connectivity index (χ2v) is 5.63. The molecule has 0 aliphatic rings. The second-order valence-electron chi connectivity index (χ2n) is 5.63. The minimum Gasteiger partial charge on any atom is -0.339 e. The quantitative estimate of drug-likeness (QED) is 0.642. The molecule has 0 spiro atoms. The average Bonchev–Trinajstić information content (AvgIpc) is 2.65. The maximum absolute atomic E-state index is 12.9. The van der Waals surface area contributed by atoms with Crippen LogP contribution in [0.5, 0.6) is 0 Å². The lowest BCUT2D eigenvalue weighted by Gasteiger charge is -2.08. The van der Waals surface area contributed by atoms with Gasteiger partial charge in [0, 0.05) is 24.0 Å². The van der Waals surface area contributed by atoms with Gasteiger partial charge in [0.2, 0.25) is 5.91 Å². The molecule has 1 aromatic heterocycles. The van der Waals surface area contributed by atoms with Crippen LogP contribution in [-0.4, -0.2) is 21.8 Å². The van der Waals surface area contributed by atoms with E-state index in [1.165, 1.54) is 31.5 Å². The van der Waals surface area contributed by atoms with Gasteiger partial charge in [-0.25, -0.2) is 14.4 Å². The number of hydrogen-bond acceptors (Lipinski definition) is 5. The Morgan fingerprint density at radius 2 is 1.41 bits per heavy atom. The van der Waals surface area contributed by atoms with Crippen LogP contribution in [0.3, 0.4) is 0 Å². The third-order valence-electron chi connectivity index (χ3n) is 3.46. The first-order valence-corrected chi connectivity index (χ1v) is 8.03. The highest BCUT2D eigenvalue weighted by atomic mass is 19.1. The molecule has 1 heterocycles. The molecule has 0 fully saturated rings. The Labute approximate surface area is 154 Å². The molecule has 0 atom stereocenters. The van der Waals surface area contributed by atoms with Crippen molar-refractivity contribution >= 4 is 34.7 Å². The molecule has 0 aliphatic heterocycles. The lowest BCUT2D eigenvalue weighted by atomic mass is 10.2. The number of aromatic nitrogens is 2. The molecule has 3 rings (SSSR count). The van der Waals surface area contributed by atoms with E-state index in [9.17, 15) is 14.0 Å². The Hall–Kier alpha value is -3.81. The van der Waals surface area contributed by atoms with Gasteiger partial charge in [-0.15, -0.1) is 0 Å². The summed E-state index contributed by atoms with van der Waals surface area (Å²) in [6.45, 7) is 1.42. The lowest BCUT2D eigenvalue weighted by Crippen LogP contribution is -2.14. The van der Waals surface area contributed by atoms with Gasteiger partial charge < -0.3 is 16.0 Å². The lowest BCUT2D eigenvalue weighted by molar-refractivity contribution is -0.114. The first-order chi connectivity index (χ1) is 13.0. The molecule has 0 saturated heterocycles. The van der Waals surface area contributed by atoms with Crippen molar-refractivity contribution < 1.29 is 14.0 Å². The summed E-state index contributed by atoms with van der Waals surface area (Å²) in [4.78, 5) is 31.4. The van der Waals surface area contributed by atoms with Crippen LogP contribution in [-0.2, 0) is 4.79 Å². The predicted octanol–water partition coefficient (Wildman–Crippen LogP) is 3.57. The van der Waals surface area contributed by atoms with Crippen LogP contribution in [0, 0.1) is 5.82 Å². The first kappa shape index (κ1) is 18.0. The van der Waals surface area contributed by atoms with Gasteiger partial charge in [0.25, 0.3) is 5.91 Å². The maximum Gasteiger partial charge on any atom is 0.275 e. The Morgan fingerprint density at radius 1 is 0.815 bits per heavy atom. The fourth-order valence-electron chi connectivity index (χ4n) is 2.23. The Kier molecular flexibility index (Phi) is 5.36. The summed E-state index contributed by atoms with van der Waals surface area (Å²) >= 11 is 0. The van der Waals surface area contributed by atoms with Crippen molar-refractivity contribution in [2.45, 2.75) is 6.92 Å². The van der Waals surface area contributed by atoms with Crippen molar-refractivity contribution in [2.24, 2.45) is 0 Å². The molecule has 2 amide bonds. The Morgan fingerprint density at radius 3 is 1.96 bits per heavy atom. The molecular weight excluding hydrogens is 349 g/mol. The summed E-state index contributed by atoms with van der Waals surface area (Å²) in [5.41, 5.74) is 1.99. The molecule has 8 heteroatoms. The third kappa shape index (κ3) is 5.08. The predicted molar refractivity (Wildman–Crippen MR) is 100 cm³/mol. The summed E-state index contributed by atoms with van der Waals surface area (Å²) in [5.74, 6) is -0.485. The molecule has 2 aromatic carbocycles. The molecule has 0 aliphatic carbocycles. The molecule has 0 saturated carbocycles. The smallest absolute Gasteiger partial charge is 0.275 e. The van der Waals surface area contributed by atoms with E-state index in [-0.39, 0.29) is 17.4 Å². The minimum atomic E-state index is -0.414. The standard InChI is InChI=1S/C19H16FN5O2/c1-12(26)23-14-6-8-16(9-7-14)25-19(27)17-10-22-18(11-21-17)24-15-4-2-13(20)3-5-15/h2-11H,1H3,(H,22,24)(H,23,26)(H,25,27). The molecule has 27 heavy (non-hydrogen) atoms. The van der Waals surface area contributed by atoms with Crippen molar-refractivity contribution in [3.8, 4) is 0 Å². The zero-order chi connectivity index (χ0) is 19.2. The number of hydrogen-bond donors (Lipinski definition) is 3. The summed E-state index contributed by atoms with van der Waals surface area (Å²) < 4.78 is 12.9. The SMILES string of the molecule is CC(=O)Nc1ccc(NC(=O)c2cnc(Nc3ccc(F)cc3)cn2)cc1. The number of carbonyl (C=O) groups excluding carboxylic acids is 2. The molecule has 0 unspecified atom stereocenters. The zero-order valence-corrected chi connectivity index (χ0v) is 14.4. The van der Waals surface area contributed by atoms with Crippen molar-refractivity contribution in [2.75, 3.05) is 16.0 Å². The highest BCUT2D eigenvalue weighted by Crippen LogP contribution is 2.16. The monoisotopic (exact) mass is 365 g/mol. The fourth-order valence-corrected chi connectivity index (χ4v) is 2.23. The molecule has 0 radical (unpaired) electrons. The fraction of sp³-hybridized carbons (Fsp3) is 0.0526. The van der Waals surface area contributed by atoms with E-state index in [1.807, 2.05) is 0 Å². The van der Waals surface area contributed by atoms with Crippen molar-refractivity contribution in [1.29, 1.82) is 0 Å². The molecule has 3 N–H and O–H groups in total. The molecular formula is C19H16FN5O2.